The Morgan fingerprint density at radius 1 is 1.12 bits per heavy atom. The summed E-state index contributed by atoms with van der Waals surface area (Å²) in [6.45, 7) is 3.81. The zero-order valence-electron chi connectivity index (χ0n) is 14.1. The molecule has 1 aromatic carbocycles. The third-order valence-corrected chi connectivity index (χ3v) is 4.89. The summed E-state index contributed by atoms with van der Waals surface area (Å²) in [5.74, 6) is -0.0461. The van der Waals surface area contributed by atoms with Crippen molar-refractivity contribution >= 4 is 5.91 Å². The second kappa shape index (κ2) is 6.37. The minimum Gasteiger partial charge on any atom is -0.483 e. The fourth-order valence-corrected chi connectivity index (χ4v) is 3.65. The zero-order valence-corrected chi connectivity index (χ0v) is 14.1. The number of nitrogens with zero attached hydrogens (tertiary/aromatic N) is 2. The summed E-state index contributed by atoms with van der Waals surface area (Å²) in [5, 5.41) is 0. The van der Waals surface area contributed by atoms with Crippen LogP contribution in [0, 0.1) is 0 Å². The maximum absolute atomic E-state index is 13.0. The number of fused-ring (bicyclic) bond motifs is 3. The Labute approximate surface area is 145 Å². The molecule has 2 aliphatic heterocycles. The molecule has 0 radical (unpaired) electrons. The third kappa shape index (κ3) is 2.62. The highest BCUT2D eigenvalue weighted by atomic mass is 16.5. The molecule has 1 saturated heterocycles. The molecule has 0 spiro atoms. The molecule has 1 amide bonds. The van der Waals surface area contributed by atoms with Gasteiger partial charge in [0.25, 0.3) is 5.91 Å². The number of likely N-dealkylation sites (N-methyl/N-ethyl adjacent to an activating group) is 1. The fraction of sp³-hybridized carbons (Fsp3) is 0.368. The molecule has 25 heavy (non-hydrogen) atoms. The first kappa shape index (κ1) is 15.9. The van der Waals surface area contributed by atoms with Crippen molar-refractivity contribution < 1.29 is 14.3 Å². The molecule has 3 heterocycles. The molecule has 2 aromatic rings. The highest BCUT2D eigenvalue weighted by Gasteiger charge is 2.43. The van der Waals surface area contributed by atoms with E-state index >= 15 is 0 Å². The SMILES string of the molecule is CCN1C(=O)c2c(OCc3ccccc3)c(=O)ccn2[C@@H]2COCC21. The number of carbonyl (C=O) groups is 1. The predicted molar refractivity (Wildman–Crippen MR) is 91.8 cm³/mol. The lowest BCUT2D eigenvalue weighted by Gasteiger charge is -2.38. The van der Waals surface area contributed by atoms with Crippen LogP contribution in [0.5, 0.6) is 5.75 Å². The van der Waals surface area contributed by atoms with Gasteiger partial charge < -0.3 is 18.9 Å². The van der Waals surface area contributed by atoms with E-state index < -0.39 is 0 Å². The predicted octanol–water partition coefficient (Wildman–Crippen LogP) is 1.84. The number of amides is 1. The van der Waals surface area contributed by atoms with Crippen LogP contribution in [0.4, 0.5) is 0 Å². The van der Waals surface area contributed by atoms with Crippen LogP contribution in [0.3, 0.4) is 0 Å². The molecule has 0 bridgehead atoms. The lowest BCUT2D eigenvalue weighted by atomic mass is 10.0. The topological polar surface area (TPSA) is 60.8 Å². The summed E-state index contributed by atoms with van der Waals surface area (Å²) in [6.07, 6.45) is 1.68. The maximum Gasteiger partial charge on any atom is 0.274 e. The van der Waals surface area contributed by atoms with Crippen molar-refractivity contribution in [2.75, 3.05) is 19.8 Å². The highest BCUT2D eigenvalue weighted by molar-refractivity contribution is 5.96. The van der Waals surface area contributed by atoms with E-state index in [4.69, 9.17) is 9.47 Å². The Morgan fingerprint density at radius 2 is 1.88 bits per heavy atom. The van der Waals surface area contributed by atoms with Crippen LogP contribution < -0.4 is 10.2 Å². The van der Waals surface area contributed by atoms with Gasteiger partial charge in [0, 0.05) is 18.8 Å². The van der Waals surface area contributed by atoms with Crippen LogP contribution >= 0.6 is 0 Å². The van der Waals surface area contributed by atoms with E-state index in [1.165, 1.54) is 6.07 Å². The Bertz CT molecular complexity index is 846. The molecule has 0 aliphatic carbocycles. The summed E-state index contributed by atoms with van der Waals surface area (Å²) in [6, 6.07) is 11.1. The molecule has 1 unspecified atom stereocenters. The molecule has 2 atom stereocenters. The molecule has 6 heteroatoms. The highest BCUT2D eigenvalue weighted by Crippen LogP contribution is 2.34. The Hall–Kier alpha value is -2.60. The van der Waals surface area contributed by atoms with Gasteiger partial charge in [0.1, 0.15) is 6.61 Å². The van der Waals surface area contributed by atoms with Crippen LogP contribution in [0.25, 0.3) is 0 Å². The molecule has 6 nitrogen and oxygen atoms in total. The Morgan fingerprint density at radius 3 is 2.64 bits per heavy atom. The number of benzene rings is 1. The van der Waals surface area contributed by atoms with Gasteiger partial charge in [-0.3, -0.25) is 9.59 Å². The van der Waals surface area contributed by atoms with E-state index in [2.05, 4.69) is 0 Å². The quantitative estimate of drug-likeness (QED) is 0.852. The number of ether oxygens (including phenoxy) is 2. The van der Waals surface area contributed by atoms with E-state index in [0.717, 1.165) is 5.56 Å². The van der Waals surface area contributed by atoms with Gasteiger partial charge in [-0.05, 0) is 12.5 Å². The molecule has 0 N–H and O–H groups in total. The second-order valence-corrected chi connectivity index (χ2v) is 6.30. The number of pyridine rings is 1. The first-order chi connectivity index (χ1) is 12.2. The van der Waals surface area contributed by atoms with Gasteiger partial charge in [-0.15, -0.1) is 0 Å². The van der Waals surface area contributed by atoms with Gasteiger partial charge in [0.15, 0.2) is 11.4 Å². The van der Waals surface area contributed by atoms with Crippen molar-refractivity contribution in [3.63, 3.8) is 0 Å². The monoisotopic (exact) mass is 340 g/mol. The second-order valence-electron chi connectivity index (χ2n) is 6.30. The van der Waals surface area contributed by atoms with Crippen molar-refractivity contribution in [2.45, 2.75) is 25.6 Å². The van der Waals surface area contributed by atoms with Gasteiger partial charge in [0.2, 0.25) is 5.43 Å². The number of aromatic nitrogens is 1. The Kier molecular flexibility index (Phi) is 4.05. The van der Waals surface area contributed by atoms with E-state index in [1.54, 1.807) is 11.1 Å². The molecule has 0 saturated carbocycles. The van der Waals surface area contributed by atoms with Gasteiger partial charge in [-0.2, -0.15) is 0 Å². The number of carbonyl (C=O) groups excluding carboxylic acids is 1. The maximum atomic E-state index is 13.0. The summed E-state index contributed by atoms with van der Waals surface area (Å²) >= 11 is 0. The first-order valence-electron chi connectivity index (χ1n) is 8.51. The fourth-order valence-electron chi connectivity index (χ4n) is 3.65. The standard InChI is InChI=1S/C19H20N2O4/c1-2-20-14-11-24-12-15(14)21-9-8-16(22)18(17(21)19(20)23)25-10-13-6-4-3-5-7-13/h3-9,14-15H,2,10-12H2,1H3/t14?,15-/m1/s1. The minimum atomic E-state index is -0.274. The summed E-state index contributed by atoms with van der Waals surface area (Å²) < 4.78 is 13.3. The van der Waals surface area contributed by atoms with Crippen molar-refractivity contribution in [1.29, 1.82) is 0 Å². The van der Waals surface area contributed by atoms with Crippen LogP contribution in [-0.4, -0.2) is 41.2 Å². The molecule has 130 valence electrons. The van der Waals surface area contributed by atoms with Crippen LogP contribution in [0.2, 0.25) is 0 Å². The van der Waals surface area contributed by atoms with E-state index in [0.29, 0.717) is 25.5 Å². The van der Waals surface area contributed by atoms with Crippen LogP contribution in [0.1, 0.15) is 29.0 Å². The van der Waals surface area contributed by atoms with Crippen molar-refractivity contribution in [3.8, 4) is 5.75 Å². The van der Waals surface area contributed by atoms with Gasteiger partial charge in [-0.25, -0.2) is 0 Å². The van der Waals surface area contributed by atoms with Crippen LogP contribution in [-0.2, 0) is 11.3 Å². The van der Waals surface area contributed by atoms with Crippen molar-refractivity contribution in [3.05, 3.63) is 64.1 Å². The number of hydrogen-bond acceptors (Lipinski definition) is 4. The molecule has 4 rings (SSSR count). The first-order valence-corrected chi connectivity index (χ1v) is 8.51. The normalized spacial score (nSPS) is 21.8. The average Bonchev–Trinajstić information content (AvgIpc) is 3.11. The number of rotatable bonds is 4. The van der Waals surface area contributed by atoms with E-state index in [1.807, 2.05) is 41.8 Å². The Balaban J connectivity index is 1.75. The number of hydrogen-bond donors (Lipinski definition) is 0. The zero-order chi connectivity index (χ0) is 17.4. The lowest BCUT2D eigenvalue weighted by Crippen LogP contribution is -2.51. The van der Waals surface area contributed by atoms with Gasteiger partial charge in [0.05, 0.1) is 25.3 Å². The summed E-state index contributed by atoms with van der Waals surface area (Å²) in [4.78, 5) is 27.2. The summed E-state index contributed by atoms with van der Waals surface area (Å²) in [7, 11) is 0. The molecular formula is C19H20N2O4. The average molecular weight is 340 g/mol. The largest absolute Gasteiger partial charge is 0.483 e. The van der Waals surface area contributed by atoms with Gasteiger partial charge in [-0.1, -0.05) is 30.3 Å². The molecule has 1 fully saturated rings. The third-order valence-electron chi connectivity index (χ3n) is 4.89. The molecular weight excluding hydrogens is 320 g/mol. The van der Waals surface area contributed by atoms with Crippen molar-refractivity contribution in [1.82, 2.24) is 9.47 Å². The lowest BCUT2D eigenvalue weighted by molar-refractivity contribution is 0.0568. The molecule has 1 aromatic heterocycles. The minimum absolute atomic E-state index is 0.00877. The molecule has 2 aliphatic rings. The van der Waals surface area contributed by atoms with Gasteiger partial charge >= 0.3 is 0 Å². The van der Waals surface area contributed by atoms with E-state index in [-0.39, 0.29) is 35.8 Å². The smallest absolute Gasteiger partial charge is 0.274 e. The summed E-state index contributed by atoms with van der Waals surface area (Å²) in [5.41, 5.74) is 1.00. The van der Waals surface area contributed by atoms with Crippen molar-refractivity contribution in [2.24, 2.45) is 0 Å². The van der Waals surface area contributed by atoms with Crippen LogP contribution in [0.15, 0.2) is 47.4 Å². The van der Waals surface area contributed by atoms with E-state index in [9.17, 15) is 9.59 Å².